The zero-order valence-electron chi connectivity index (χ0n) is 7.87. The molecular weight excluding hydrogens is 216 g/mol. The molecule has 2 rings (SSSR count). The van der Waals surface area contributed by atoms with Gasteiger partial charge >= 0.3 is 0 Å². The first kappa shape index (κ1) is 9.86. The second-order valence-electron chi connectivity index (χ2n) is 3.15. The number of H-pyrrole nitrogens is 1. The summed E-state index contributed by atoms with van der Waals surface area (Å²) in [5, 5.41) is 7.33. The van der Waals surface area contributed by atoms with Gasteiger partial charge < -0.3 is 0 Å². The van der Waals surface area contributed by atoms with Crippen LogP contribution in [-0.2, 0) is 0 Å². The normalized spacial score (nSPS) is 10.5. The van der Waals surface area contributed by atoms with Crippen molar-refractivity contribution in [2.24, 2.45) is 0 Å². The predicted molar refractivity (Wildman–Crippen MR) is 57.4 cm³/mol. The number of hydrogen-bond donors (Lipinski definition) is 1. The average molecular weight is 223 g/mol. The number of fused-ring (bicyclic) bond motifs is 1. The first-order valence-corrected chi connectivity index (χ1v) is 4.66. The van der Waals surface area contributed by atoms with Crippen molar-refractivity contribution in [1.82, 2.24) is 10.2 Å². The van der Waals surface area contributed by atoms with Gasteiger partial charge in [0.15, 0.2) is 5.78 Å². The summed E-state index contributed by atoms with van der Waals surface area (Å²) >= 11 is 5.76. The molecule has 0 fully saturated rings. The van der Waals surface area contributed by atoms with E-state index in [1.54, 1.807) is 12.1 Å². The van der Waals surface area contributed by atoms with Crippen LogP contribution in [0, 0.1) is 0 Å². The molecule has 15 heavy (non-hydrogen) atoms. The Morgan fingerprint density at radius 2 is 2.13 bits per heavy atom. The largest absolute Gasteiger partial charge is 0.293 e. The van der Waals surface area contributed by atoms with Gasteiger partial charge in [0.1, 0.15) is 5.69 Å². The van der Waals surface area contributed by atoms with E-state index in [2.05, 4.69) is 10.2 Å². The van der Waals surface area contributed by atoms with Crippen LogP contribution in [0.25, 0.3) is 10.8 Å². The van der Waals surface area contributed by atoms with E-state index in [9.17, 15) is 9.59 Å². The Bertz CT molecular complexity index is 604. The van der Waals surface area contributed by atoms with Crippen molar-refractivity contribution in [2.75, 3.05) is 0 Å². The topological polar surface area (TPSA) is 62.8 Å². The highest BCUT2D eigenvalue weighted by molar-refractivity contribution is 6.31. The molecule has 1 N–H and O–H groups in total. The number of aromatic nitrogens is 2. The lowest BCUT2D eigenvalue weighted by atomic mass is 10.1. The van der Waals surface area contributed by atoms with E-state index in [0.717, 1.165) is 0 Å². The number of Topliss-reactive ketones (excluding diaryl/α,β-unsaturated/α-hetero) is 1. The Morgan fingerprint density at radius 3 is 2.80 bits per heavy atom. The third-order valence-electron chi connectivity index (χ3n) is 2.08. The highest BCUT2D eigenvalue weighted by atomic mass is 35.5. The minimum atomic E-state index is -0.350. The van der Waals surface area contributed by atoms with Gasteiger partial charge in [0.25, 0.3) is 5.56 Å². The van der Waals surface area contributed by atoms with Gasteiger partial charge in [-0.3, -0.25) is 9.59 Å². The van der Waals surface area contributed by atoms with Crippen molar-refractivity contribution in [3.8, 4) is 0 Å². The van der Waals surface area contributed by atoms with Crippen LogP contribution in [0.3, 0.4) is 0 Å². The molecule has 1 aromatic heterocycles. The molecule has 0 saturated carbocycles. The molecule has 1 heterocycles. The second-order valence-corrected chi connectivity index (χ2v) is 3.58. The summed E-state index contributed by atoms with van der Waals surface area (Å²) in [6, 6.07) is 4.76. The zero-order chi connectivity index (χ0) is 11.0. The second kappa shape index (κ2) is 3.47. The van der Waals surface area contributed by atoms with Crippen LogP contribution >= 0.6 is 11.6 Å². The van der Waals surface area contributed by atoms with Gasteiger partial charge in [0.05, 0.1) is 5.39 Å². The monoisotopic (exact) mass is 222 g/mol. The standard InChI is InChI=1S/C10H7ClN2O2/c1-5(14)9-7-3-2-6(11)4-8(7)10(15)13-12-9/h2-4H,1H3,(H,13,15). The van der Waals surface area contributed by atoms with Gasteiger partial charge in [0, 0.05) is 17.3 Å². The molecule has 0 aliphatic heterocycles. The fraction of sp³-hybridized carbons (Fsp3) is 0.100. The number of halogens is 1. The maximum atomic E-state index is 11.4. The number of rotatable bonds is 1. The minimum absolute atomic E-state index is 0.196. The highest BCUT2D eigenvalue weighted by Gasteiger charge is 2.10. The molecule has 5 heteroatoms. The number of ketones is 1. The van der Waals surface area contributed by atoms with Gasteiger partial charge in [-0.2, -0.15) is 5.10 Å². The highest BCUT2D eigenvalue weighted by Crippen LogP contribution is 2.18. The first-order chi connectivity index (χ1) is 7.09. The van der Waals surface area contributed by atoms with Crippen molar-refractivity contribution in [3.63, 3.8) is 0 Å². The molecule has 0 saturated heterocycles. The number of benzene rings is 1. The molecular formula is C10H7ClN2O2. The van der Waals surface area contributed by atoms with Crippen LogP contribution in [0.15, 0.2) is 23.0 Å². The Morgan fingerprint density at radius 1 is 1.40 bits per heavy atom. The van der Waals surface area contributed by atoms with Crippen LogP contribution in [0.1, 0.15) is 17.4 Å². The van der Waals surface area contributed by atoms with E-state index in [0.29, 0.717) is 15.8 Å². The summed E-state index contributed by atoms with van der Waals surface area (Å²) in [7, 11) is 0. The molecule has 0 radical (unpaired) electrons. The van der Waals surface area contributed by atoms with E-state index in [4.69, 9.17) is 11.6 Å². The minimum Gasteiger partial charge on any atom is -0.293 e. The van der Waals surface area contributed by atoms with Crippen LogP contribution in [0.4, 0.5) is 0 Å². The number of nitrogens with zero attached hydrogens (tertiary/aromatic N) is 1. The van der Waals surface area contributed by atoms with Gasteiger partial charge in [0.2, 0.25) is 0 Å². The zero-order valence-corrected chi connectivity index (χ0v) is 8.63. The fourth-order valence-electron chi connectivity index (χ4n) is 1.41. The molecule has 0 unspecified atom stereocenters. The van der Waals surface area contributed by atoms with Gasteiger partial charge in [-0.05, 0) is 12.1 Å². The molecule has 76 valence electrons. The van der Waals surface area contributed by atoms with Gasteiger partial charge in [-0.1, -0.05) is 17.7 Å². The van der Waals surface area contributed by atoms with Gasteiger partial charge in [-0.25, -0.2) is 5.10 Å². The van der Waals surface area contributed by atoms with E-state index in [1.165, 1.54) is 13.0 Å². The van der Waals surface area contributed by atoms with E-state index in [1.807, 2.05) is 0 Å². The van der Waals surface area contributed by atoms with E-state index in [-0.39, 0.29) is 17.0 Å². The smallest absolute Gasteiger partial charge is 0.272 e. The summed E-state index contributed by atoms with van der Waals surface area (Å²) < 4.78 is 0. The maximum absolute atomic E-state index is 11.4. The number of hydrogen-bond acceptors (Lipinski definition) is 3. The number of nitrogens with one attached hydrogen (secondary N) is 1. The van der Waals surface area contributed by atoms with Crippen LogP contribution in [0.5, 0.6) is 0 Å². The lowest BCUT2D eigenvalue weighted by molar-refractivity contribution is 0.101. The molecule has 1 aromatic carbocycles. The van der Waals surface area contributed by atoms with Gasteiger partial charge in [-0.15, -0.1) is 0 Å². The predicted octanol–water partition coefficient (Wildman–Crippen LogP) is 1.78. The Labute approximate surface area is 89.9 Å². The van der Waals surface area contributed by atoms with Crippen LogP contribution < -0.4 is 5.56 Å². The molecule has 0 aliphatic carbocycles. The SMILES string of the molecule is CC(=O)c1n[nH]c(=O)c2cc(Cl)ccc12. The van der Waals surface area contributed by atoms with E-state index >= 15 is 0 Å². The first-order valence-electron chi connectivity index (χ1n) is 4.28. The summed E-state index contributed by atoms with van der Waals surface area (Å²) in [5.41, 5.74) is -0.0984. The maximum Gasteiger partial charge on any atom is 0.272 e. The molecule has 0 aliphatic rings. The Kier molecular flexibility index (Phi) is 2.28. The third-order valence-corrected chi connectivity index (χ3v) is 2.32. The third kappa shape index (κ3) is 1.64. The number of carbonyl (C=O) groups is 1. The summed E-state index contributed by atoms with van der Waals surface area (Å²) in [5.74, 6) is -0.196. The molecule has 2 aromatic rings. The molecule has 4 nitrogen and oxygen atoms in total. The van der Waals surface area contributed by atoms with Crippen molar-refractivity contribution in [2.45, 2.75) is 6.92 Å². The van der Waals surface area contributed by atoms with Crippen LogP contribution in [-0.4, -0.2) is 16.0 Å². The van der Waals surface area contributed by atoms with Crippen molar-refractivity contribution < 1.29 is 4.79 Å². The Balaban J connectivity index is 2.95. The quantitative estimate of drug-likeness (QED) is 0.748. The van der Waals surface area contributed by atoms with Crippen LogP contribution in [0.2, 0.25) is 5.02 Å². The van der Waals surface area contributed by atoms with E-state index < -0.39 is 0 Å². The molecule has 0 amide bonds. The van der Waals surface area contributed by atoms with Crippen molar-refractivity contribution >= 4 is 28.2 Å². The fourth-order valence-corrected chi connectivity index (χ4v) is 1.58. The summed E-state index contributed by atoms with van der Waals surface area (Å²) in [6.45, 7) is 1.40. The number of carbonyl (C=O) groups excluding carboxylic acids is 1. The molecule has 0 bridgehead atoms. The Hall–Kier alpha value is -1.68. The number of aromatic amines is 1. The summed E-state index contributed by atoms with van der Waals surface area (Å²) in [6.07, 6.45) is 0. The summed E-state index contributed by atoms with van der Waals surface area (Å²) in [4.78, 5) is 22.7. The lowest BCUT2D eigenvalue weighted by Crippen LogP contribution is -2.12. The lowest BCUT2D eigenvalue weighted by Gasteiger charge is -2.01. The molecule has 0 spiro atoms. The molecule has 0 atom stereocenters. The average Bonchev–Trinajstić information content (AvgIpc) is 2.19. The van der Waals surface area contributed by atoms with Crippen molar-refractivity contribution in [1.29, 1.82) is 0 Å². The van der Waals surface area contributed by atoms with Crippen molar-refractivity contribution in [3.05, 3.63) is 39.3 Å².